The SMILES string of the molecule is Nc1ccc(C(=O)OCCN2CCOCC2)cc1F. The number of hydrogen-bond acceptors (Lipinski definition) is 5. The summed E-state index contributed by atoms with van der Waals surface area (Å²) in [4.78, 5) is 13.8. The van der Waals surface area contributed by atoms with Gasteiger partial charge in [-0.3, -0.25) is 4.90 Å². The lowest BCUT2D eigenvalue weighted by atomic mass is 10.2. The topological polar surface area (TPSA) is 64.8 Å². The second kappa shape index (κ2) is 6.49. The van der Waals surface area contributed by atoms with Gasteiger partial charge in [-0.25, -0.2) is 9.18 Å². The Hall–Kier alpha value is -1.66. The molecule has 104 valence electrons. The molecule has 1 aliphatic rings. The molecule has 0 atom stereocenters. The quantitative estimate of drug-likeness (QED) is 0.649. The van der Waals surface area contributed by atoms with Gasteiger partial charge in [0.1, 0.15) is 12.4 Å². The fraction of sp³-hybridized carbons (Fsp3) is 0.462. The molecule has 0 aliphatic carbocycles. The van der Waals surface area contributed by atoms with Gasteiger partial charge in [0, 0.05) is 19.6 Å². The van der Waals surface area contributed by atoms with E-state index in [4.69, 9.17) is 15.2 Å². The van der Waals surface area contributed by atoms with E-state index in [-0.39, 0.29) is 17.9 Å². The van der Waals surface area contributed by atoms with Crippen LogP contribution in [0.15, 0.2) is 18.2 Å². The summed E-state index contributed by atoms with van der Waals surface area (Å²) in [5.74, 6) is -1.14. The highest BCUT2D eigenvalue weighted by atomic mass is 19.1. The van der Waals surface area contributed by atoms with Gasteiger partial charge < -0.3 is 15.2 Å². The number of hydrogen-bond donors (Lipinski definition) is 1. The molecule has 0 bridgehead atoms. The van der Waals surface area contributed by atoms with E-state index in [1.54, 1.807) is 0 Å². The lowest BCUT2D eigenvalue weighted by Crippen LogP contribution is -2.38. The number of halogens is 1. The van der Waals surface area contributed by atoms with E-state index in [9.17, 15) is 9.18 Å². The number of ether oxygens (including phenoxy) is 2. The third-order valence-corrected chi connectivity index (χ3v) is 2.98. The summed E-state index contributed by atoms with van der Waals surface area (Å²) in [6.07, 6.45) is 0. The van der Waals surface area contributed by atoms with Gasteiger partial charge in [-0.05, 0) is 18.2 Å². The number of nitrogens with zero attached hydrogens (tertiary/aromatic N) is 1. The number of benzene rings is 1. The van der Waals surface area contributed by atoms with Gasteiger partial charge in [-0.2, -0.15) is 0 Å². The largest absolute Gasteiger partial charge is 0.461 e. The maximum Gasteiger partial charge on any atom is 0.338 e. The van der Waals surface area contributed by atoms with Crippen LogP contribution in [0.3, 0.4) is 0 Å². The summed E-state index contributed by atoms with van der Waals surface area (Å²) in [7, 11) is 0. The van der Waals surface area contributed by atoms with Gasteiger partial charge in [-0.1, -0.05) is 0 Å². The summed E-state index contributed by atoms with van der Waals surface area (Å²) in [5.41, 5.74) is 5.53. The van der Waals surface area contributed by atoms with Crippen molar-refractivity contribution in [3.63, 3.8) is 0 Å². The zero-order valence-corrected chi connectivity index (χ0v) is 10.6. The molecule has 0 aromatic heterocycles. The monoisotopic (exact) mass is 268 g/mol. The first-order chi connectivity index (χ1) is 9.16. The maximum absolute atomic E-state index is 13.2. The lowest BCUT2D eigenvalue weighted by Gasteiger charge is -2.26. The van der Waals surface area contributed by atoms with Crippen LogP contribution < -0.4 is 5.73 Å². The molecule has 0 saturated carbocycles. The molecule has 0 radical (unpaired) electrons. The number of carbonyl (C=O) groups is 1. The van der Waals surface area contributed by atoms with E-state index in [1.807, 2.05) is 0 Å². The molecule has 0 unspecified atom stereocenters. The molecule has 0 amide bonds. The van der Waals surface area contributed by atoms with Crippen LogP contribution in [0.1, 0.15) is 10.4 Å². The Morgan fingerprint density at radius 3 is 2.84 bits per heavy atom. The summed E-state index contributed by atoms with van der Waals surface area (Å²) in [6, 6.07) is 3.90. The van der Waals surface area contributed by atoms with Crippen LogP contribution in [-0.4, -0.2) is 50.3 Å². The van der Waals surface area contributed by atoms with Gasteiger partial charge >= 0.3 is 5.97 Å². The van der Waals surface area contributed by atoms with Crippen LogP contribution in [0.25, 0.3) is 0 Å². The Labute approximate surface area is 111 Å². The fourth-order valence-corrected chi connectivity index (χ4v) is 1.83. The molecule has 1 saturated heterocycles. The fourth-order valence-electron chi connectivity index (χ4n) is 1.83. The molecule has 5 nitrogen and oxygen atoms in total. The molecule has 1 aromatic rings. The first-order valence-corrected chi connectivity index (χ1v) is 6.19. The minimum absolute atomic E-state index is 0.0184. The van der Waals surface area contributed by atoms with E-state index in [0.717, 1.165) is 19.2 Å². The number of esters is 1. The van der Waals surface area contributed by atoms with E-state index < -0.39 is 11.8 Å². The minimum Gasteiger partial charge on any atom is -0.461 e. The van der Waals surface area contributed by atoms with Crippen molar-refractivity contribution in [3.8, 4) is 0 Å². The van der Waals surface area contributed by atoms with Gasteiger partial charge in [0.15, 0.2) is 0 Å². The van der Waals surface area contributed by atoms with E-state index in [1.165, 1.54) is 12.1 Å². The van der Waals surface area contributed by atoms with Gasteiger partial charge in [0.2, 0.25) is 0 Å². The average molecular weight is 268 g/mol. The normalized spacial score (nSPS) is 16.3. The average Bonchev–Trinajstić information content (AvgIpc) is 2.43. The van der Waals surface area contributed by atoms with Gasteiger partial charge in [-0.15, -0.1) is 0 Å². The minimum atomic E-state index is -0.609. The molecule has 6 heteroatoms. The molecular weight excluding hydrogens is 251 g/mol. The summed E-state index contributed by atoms with van der Waals surface area (Å²) in [5, 5.41) is 0. The van der Waals surface area contributed by atoms with Crippen molar-refractivity contribution >= 4 is 11.7 Å². The van der Waals surface area contributed by atoms with Gasteiger partial charge in [0.25, 0.3) is 0 Å². The number of morpholine rings is 1. The van der Waals surface area contributed by atoms with Crippen LogP contribution in [0.4, 0.5) is 10.1 Å². The number of nitrogen functional groups attached to an aromatic ring is 1. The van der Waals surface area contributed by atoms with E-state index in [2.05, 4.69) is 4.90 Å². The number of rotatable bonds is 4. The van der Waals surface area contributed by atoms with Crippen molar-refractivity contribution in [2.24, 2.45) is 0 Å². The molecule has 1 heterocycles. The summed E-state index contributed by atoms with van der Waals surface area (Å²) in [6.45, 7) is 4.04. The standard InChI is InChI=1S/C13H17FN2O3/c14-11-9-10(1-2-12(11)15)13(17)19-8-5-16-3-6-18-7-4-16/h1-2,9H,3-8,15H2. The third-order valence-electron chi connectivity index (χ3n) is 2.98. The van der Waals surface area contributed by atoms with Crippen molar-refractivity contribution in [2.45, 2.75) is 0 Å². The molecule has 19 heavy (non-hydrogen) atoms. The second-order valence-corrected chi connectivity index (χ2v) is 4.33. The van der Waals surface area contributed by atoms with E-state index >= 15 is 0 Å². The third kappa shape index (κ3) is 3.90. The van der Waals surface area contributed by atoms with Crippen molar-refractivity contribution < 1.29 is 18.7 Å². The Morgan fingerprint density at radius 1 is 1.42 bits per heavy atom. The Morgan fingerprint density at radius 2 is 2.16 bits per heavy atom. The molecule has 1 aliphatic heterocycles. The van der Waals surface area contributed by atoms with E-state index in [0.29, 0.717) is 19.8 Å². The smallest absolute Gasteiger partial charge is 0.338 e. The van der Waals surface area contributed by atoms with Crippen LogP contribution in [-0.2, 0) is 9.47 Å². The highest BCUT2D eigenvalue weighted by Crippen LogP contribution is 2.12. The highest BCUT2D eigenvalue weighted by molar-refractivity contribution is 5.89. The molecule has 1 fully saturated rings. The lowest BCUT2D eigenvalue weighted by molar-refractivity contribution is 0.0195. The predicted octanol–water partition coefficient (Wildman–Crippen LogP) is 0.897. The van der Waals surface area contributed by atoms with Crippen LogP contribution in [0.2, 0.25) is 0 Å². The van der Waals surface area contributed by atoms with Crippen molar-refractivity contribution in [3.05, 3.63) is 29.6 Å². The Balaban J connectivity index is 1.78. The summed E-state index contributed by atoms with van der Waals surface area (Å²) >= 11 is 0. The van der Waals surface area contributed by atoms with Gasteiger partial charge in [0.05, 0.1) is 24.5 Å². The van der Waals surface area contributed by atoms with Crippen LogP contribution >= 0.6 is 0 Å². The second-order valence-electron chi connectivity index (χ2n) is 4.33. The number of carbonyl (C=O) groups excluding carboxylic acids is 1. The molecule has 1 aromatic carbocycles. The van der Waals surface area contributed by atoms with Crippen LogP contribution in [0.5, 0.6) is 0 Å². The molecule has 2 rings (SSSR count). The van der Waals surface area contributed by atoms with Crippen molar-refractivity contribution in [1.29, 1.82) is 0 Å². The molecule has 2 N–H and O–H groups in total. The Bertz CT molecular complexity index is 448. The molecule has 0 spiro atoms. The summed E-state index contributed by atoms with van der Waals surface area (Å²) < 4.78 is 23.5. The predicted molar refractivity (Wildman–Crippen MR) is 68.4 cm³/mol. The maximum atomic E-state index is 13.2. The zero-order valence-electron chi connectivity index (χ0n) is 10.6. The van der Waals surface area contributed by atoms with Crippen molar-refractivity contribution in [2.75, 3.05) is 45.2 Å². The molecular formula is C13H17FN2O3. The van der Waals surface area contributed by atoms with Crippen molar-refractivity contribution in [1.82, 2.24) is 4.90 Å². The number of nitrogens with two attached hydrogens (primary N) is 1. The Kier molecular flexibility index (Phi) is 4.70. The van der Waals surface area contributed by atoms with Crippen LogP contribution in [0, 0.1) is 5.82 Å². The number of anilines is 1. The highest BCUT2D eigenvalue weighted by Gasteiger charge is 2.13. The first-order valence-electron chi connectivity index (χ1n) is 6.19. The zero-order chi connectivity index (χ0) is 13.7. The first kappa shape index (κ1) is 13.8.